The third-order valence-electron chi connectivity index (χ3n) is 4.90. The van der Waals surface area contributed by atoms with Crippen LogP contribution in [0.15, 0.2) is 60.8 Å². The first-order chi connectivity index (χ1) is 16.7. The van der Waals surface area contributed by atoms with Crippen molar-refractivity contribution >= 4 is 34.9 Å². The number of nitrogens with one attached hydrogen (secondary N) is 1. The fourth-order valence-corrected chi connectivity index (χ4v) is 3.58. The molecule has 0 saturated carbocycles. The molecule has 0 saturated heterocycles. The molecular weight excluding hydrogens is 509 g/mol. The molecule has 1 N–H and O–H groups in total. The molecule has 3 aromatic carbocycles. The van der Waals surface area contributed by atoms with Gasteiger partial charge in [-0.2, -0.15) is 13.9 Å². The van der Waals surface area contributed by atoms with Gasteiger partial charge in [-0.1, -0.05) is 41.4 Å². The zero-order valence-electron chi connectivity index (χ0n) is 17.7. The largest absolute Gasteiger partial charge is 0.483 e. The molecule has 1 amide bonds. The van der Waals surface area contributed by atoms with Crippen LogP contribution in [-0.2, 0) is 13.2 Å². The number of hydrogen-bond acceptors (Lipinski definition) is 3. The molecule has 0 radical (unpaired) electrons. The first-order valence-electron chi connectivity index (χ1n) is 10.0. The maximum Gasteiger partial charge on any atom is 0.256 e. The van der Waals surface area contributed by atoms with Gasteiger partial charge in [-0.15, -0.1) is 0 Å². The number of nitrogens with zero attached hydrogens (tertiary/aromatic N) is 2. The van der Waals surface area contributed by atoms with Crippen molar-refractivity contribution < 1.29 is 27.1 Å². The lowest BCUT2D eigenvalue weighted by molar-refractivity contribution is 0.102. The normalized spacial score (nSPS) is 10.9. The summed E-state index contributed by atoms with van der Waals surface area (Å²) in [7, 11) is 0. The van der Waals surface area contributed by atoms with Gasteiger partial charge in [0, 0.05) is 33.9 Å². The average molecular weight is 524 g/mol. The lowest BCUT2D eigenvalue weighted by Crippen LogP contribution is -2.13. The zero-order valence-corrected chi connectivity index (χ0v) is 19.2. The molecule has 180 valence electrons. The standard InChI is InChI=1S/C24H15Cl2F4N3O2/c25-16-6-5-15(17(26)9-16)11-33-8-7-20(32-33)31-24(34)14-3-1-13(2-4-14)12-35-23-21(29)18(27)10-19(28)22(23)30/h1-10H,11-12H2,(H,31,32,34). The van der Waals surface area contributed by atoms with Crippen molar-refractivity contribution in [1.82, 2.24) is 9.78 Å². The van der Waals surface area contributed by atoms with Gasteiger partial charge in [0.05, 0.1) is 6.54 Å². The maximum absolute atomic E-state index is 13.7. The molecule has 0 aliphatic heterocycles. The minimum atomic E-state index is -1.63. The second-order valence-corrected chi connectivity index (χ2v) is 8.21. The Morgan fingerprint density at radius 2 is 1.63 bits per heavy atom. The summed E-state index contributed by atoms with van der Waals surface area (Å²) in [6, 6.07) is 12.7. The monoisotopic (exact) mass is 523 g/mol. The number of carbonyl (C=O) groups excluding carboxylic acids is 1. The lowest BCUT2D eigenvalue weighted by atomic mass is 10.1. The van der Waals surface area contributed by atoms with Crippen LogP contribution < -0.4 is 10.1 Å². The van der Waals surface area contributed by atoms with Crippen molar-refractivity contribution in [2.24, 2.45) is 0 Å². The van der Waals surface area contributed by atoms with Crippen LogP contribution in [0.3, 0.4) is 0 Å². The summed E-state index contributed by atoms with van der Waals surface area (Å²) in [5.41, 5.74) is 1.49. The number of halogens is 6. The van der Waals surface area contributed by atoms with Crippen molar-refractivity contribution in [3.8, 4) is 5.75 Å². The summed E-state index contributed by atoms with van der Waals surface area (Å²) in [4.78, 5) is 12.5. The SMILES string of the molecule is O=C(Nc1ccn(Cc2ccc(Cl)cc2Cl)n1)c1ccc(COc2c(F)c(F)cc(F)c2F)cc1. The molecule has 35 heavy (non-hydrogen) atoms. The van der Waals surface area contributed by atoms with E-state index in [1.54, 1.807) is 35.1 Å². The van der Waals surface area contributed by atoms with E-state index in [0.29, 0.717) is 28.0 Å². The van der Waals surface area contributed by atoms with Gasteiger partial charge in [-0.3, -0.25) is 9.48 Å². The van der Waals surface area contributed by atoms with Crippen molar-refractivity contribution in [3.63, 3.8) is 0 Å². The number of benzene rings is 3. The first-order valence-corrected chi connectivity index (χ1v) is 10.8. The van der Waals surface area contributed by atoms with Crippen LogP contribution in [0.5, 0.6) is 5.75 Å². The zero-order chi connectivity index (χ0) is 25.1. The number of aromatic nitrogens is 2. The number of anilines is 1. The van der Waals surface area contributed by atoms with Gasteiger partial charge >= 0.3 is 0 Å². The topological polar surface area (TPSA) is 56.2 Å². The van der Waals surface area contributed by atoms with Gasteiger partial charge < -0.3 is 10.1 Å². The van der Waals surface area contributed by atoms with Crippen molar-refractivity contribution in [2.45, 2.75) is 13.2 Å². The maximum atomic E-state index is 13.7. The highest BCUT2D eigenvalue weighted by Crippen LogP contribution is 2.27. The number of amides is 1. The fraction of sp³-hybridized carbons (Fsp3) is 0.0833. The van der Waals surface area contributed by atoms with Gasteiger partial charge in [0.25, 0.3) is 5.91 Å². The summed E-state index contributed by atoms with van der Waals surface area (Å²) >= 11 is 12.1. The third kappa shape index (κ3) is 5.75. The lowest BCUT2D eigenvalue weighted by Gasteiger charge is -2.10. The Morgan fingerprint density at radius 3 is 2.29 bits per heavy atom. The minimum Gasteiger partial charge on any atom is -0.483 e. The van der Waals surface area contributed by atoms with E-state index >= 15 is 0 Å². The van der Waals surface area contributed by atoms with E-state index in [1.807, 2.05) is 0 Å². The molecule has 0 bridgehead atoms. The van der Waals surface area contributed by atoms with Crippen molar-refractivity contribution in [1.29, 1.82) is 0 Å². The van der Waals surface area contributed by atoms with Crippen LogP contribution in [0.1, 0.15) is 21.5 Å². The highest BCUT2D eigenvalue weighted by molar-refractivity contribution is 6.35. The molecule has 0 aliphatic rings. The van der Waals surface area contributed by atoms with E-state index in [4.69, 9.17) is 27.9 Å². The number of ether oxygens (including phenoxy) is 1. The molecule has 0 aliphatic carbocycles. The number of rotatable bonds is 7. The molecule has 1 heterocycles. The Labute approximate surface area is 206 Å². The molecule has 4 aromatic rings. The van der Waals surface area contributed by atoms with Crippen LogP contribution in [-0.4, -0.2) is 15.7 Å². The molecule has 5 nitrogen and oxygen atoms in total. The van der Waals surface area contributed by atoms with Crippen LogP contribution in [0, 0.1) is 23.3 Å². The quantitative estimate of drug-likeness (QED) is 0.218. The molecule has 0 fully saturated rings. The van der Waals surface area contributed by atoms with Crippen LogP contribution in [0.4, 0.5) is 23.4 Å². The van der Waals surface area contributed by atoms with Gasteiger partial charge in [0.1, 0.15) is 6.61 Å². The summed E-state index contributed by atoms with van der Waals surface area (Å²) < 4.78 is 60.5. The molecule has 0 unspecified atom stereocenters. The van der Waals surface area contributed by atoms with Gasteiger partial charge in [-0.05, 0) is 35.4 Å². The highest BCUT2D eigenvalue weighted by atomic mass is 35.5. The van der Waals surface area contributed by atoms with Crippen LogP contribution >= 0.6 is 23.2 Å². The number of hydrogen-bond donors (Lipinski definition) is 1. The molecular formula is C24H15Cl2F4N3O2. The molecule has 1 aromatic heterocycles. The second-order valence-electron chi connectivity index (χ2n) is 7.37. The van der Waals surface area contributed by atoms with E-state index in [2.05, 4.69) is 10.4 Å². The van der Waals surface area contributed by atoms with E-state index in [9.17, 15) is 22.4 Å². The number of carbonyl (C=O) groups is 1. The third-order valence-corrected chi connectivity index (χ3v) is 5.49. The minimum absolute atomic E-state index is 0.0980. The second kappa shape index (κ2) is 10.4. The predicted molar refractivity (Wildman–Crippen MR) is 123 cm³/mol. The fourth-order valence-electron chi connectivity index (χ4n) is 3.12. The summed E-state index contributed by atoms with van der Waals surface area (Å²) in [5, 5.41) is 7.96. The molecule has 0 spiro atoms. The summed E-state index contributed by atoms with van der Waals surface area (Å²) in [6.45, 7) is -0.00668. The van der Waals surface area contributed by atoms with E-state index in [1.165, 1.54) is 24.3 Å². The van der Waals surface area contributed by atoms with Gasteiger partial charge in [0.15, 0.2) is 23.2 Å². The van der Waals surface area contributed by atoms with Crippen LogP contribution in [0.25, 0.3) is 0 Å². The smallest absolute Gasteiger partial charge is 0.256 e. The predicted octanol–water partition coefficient (Wildman–Crippen LogP) is 6.63. The molecule has 0 atom stereocenters. The Balaban J connectivity index is 1.37. The summed E-state index contributed by atoms with van der Waals surface area (Å²) in [6.07, 6.45) is 1.68. The average Bonchev–Trinajstić information content (AvgIpc) is 3.26. The molecule has 11 heteroatoms. The van der Waals surface area contributed by atoms with Crippen molar-refractivity contribution in [3.05, 3.63) is 111 Å². The Morgan fingerprint density at radius 1 is 0.943 bits per heavy atom. The Hall–Kier alpha value is -3.56. The molecule has 4 rings (SSSR count). The van der Waals surface area contributed by atoms with Crippen LogP contribution in [0.2, 0.25) is 10.0 Å². The first kappa shape index (κ1) is 24.6. The Kier molecular flexibility index (Phi) is 7.28. The highest BCUT2D eigenvalue weighted by Gasteiger charge is 2.20. The van der Waals surface area contributed by atoms with Gasteiger partial charge in [0.2, 0.25) is 11.6 Å². The summed E-state index contributed by atoms with van der Waals surface area (Å²) in [5.74, 6) is -7.67. The van der Waals surface area contributed by atoms with E-state index in [0.717, 1.165) is 5.56 Å². The van der Waals surface area contributed by atoms with Gasteiger partial charge in [-0.25, -0.2) is 8.78 Å². The van der Waals surface area contributed by atoms with Crippen molar-refractivity contribution in [2.75, 3.05) is 5.32 Å². The van der Waals surface area contributed by atoms with E-state index in [-0.39, 0.29) is 18.2 Å². The van der Waals surface area contributed by atoms with E-state index < -0.39 is 34.9 Å². The Bertz CT molecular complexity index is 1370.